The molecule has 6 nitrogen and oxygen atoms in total. The van der Waals surface area contributed by atoms with Gasteiger partial charge in [0, 0.05) is 52.2 Å². The molecular formula is C19H37IN4O2S. The third-order valence-electron chi connectivity index (χ3n) is 5.67. The van der Waals surface area contributed by atoms with Crippen LogP contribution in [0, 0.1) is 5.41 Å². The Hall–Kier alpha value is -0.220. The van der Waals surface area contributed by atoms with Crippen molar-refractivity contribution >= 4 is 47.6 Å². The van der Waals surface area contributed by atoms with E-state index in [2.05, 4.69) is 22.5 Å². The standard InChI is InChI=1S/C19H36N4O2S.HI/c1-5-26-19(10-12-25-13-11-19)15-22-17(20-2)21-14-18(8-6-7-9-18)16(24)23(3)4;/h5-15H2,1-4H3,(H2,20,21,22);1H. The molecule has 0 radical (unpaired) electrons. The van der Waals surface area contributed by atoms with Crippen LogP contribution in [0.15, 0.2) is 4.99 Å². The molecule has 0 bridgehead atoms. The van der Waals surface area contributed by atoms with Crippen molar-refractivity contribution in [3.8, 4) is 0 Å². The van der Waals surface area contributed by atoms with Crippen LogP contribution in [-0.2, 0) is 9.53 Å². The first-order valence-corrected chi connectivity index (χ1v) is 10.8. The second-order valence-corrected chi connectivity index (χ2v) is 9.43. The van der Waals surface area contributed by atoms with Crippen molar-refractivity contribution in [1.82, 2.24) is 15.5 Å². The van der Waals surface area contributed by atoms with Gasteiger partial charge in [0.2, 0.25) is 5.91 Å². The number of nitrogens with zero attached hydrogens (tertiary/aromatic N) is 2. The molecule has 1 aliphatic heterocycles. The Morgan fingerprint density at radius 3 is 2.22 bits per heavy atom. The number of nitrogens with one attached hydrogen (secondary N) is 2. The summed E-state index contributed by atoms with van der Waals surface area (Å²) in [7, 11) is 5.51. The van der Waals surface area contributed by atoms with Crippen LogP contribution >= 0.6 is 35.7 Å². The summed E-state index contributed by atoms with van der Waals surface area (Å²) in [5.41, 5.74) is -0.282. The molecule has 0 aromatic heterocycles. The molecule has 0 spiro atoms. The van der Waals surface area contributed by atoms with E-state index in [1.165, 1.54) is 0 Å². The van der Waals surface area contributed by atoms with Crippen molar-refractivity contribution in [2.24, 2.45) is 10.4 Å². The zero-order valence-corrected chi connectivity index (χ0v) is 20.5. The first-order chi connectivity index (χ1) is 12.5. The van der Waals surface area contributed by atoms with E-state index in [4.69, 9.17) is 4.74 Å². The number of guanidine groups is 1. The van der Waals surface area contributed by atoms with Crippen LogP contribution in [0.4, 0.5) is 0 Å². The quantitative estimate of drug-likeness (QED) is 0.312. The van der Waals surface area contributed by atoms with Crippen LogP contribution < -0.4 is 10.6 Å². The van der Waals surface area contributed by atoms with Gasteiger partial charge in [-0.15, -0.1) is 24.0 Å². The lowest BCUT2D eigenvalue weighted by molar-refractivity contribution is -0.138. The summed E-state index contributed by atoms with van der Waals surface area (Å²) in [6, 6.07) is 0. The van der Waals surface area contributed by atoms with Crippen LogP contribution in [0.1, 0.15) is 45.4 Å². The molecule has 1 saturated heterocycles. The topological polar surface area (TPSA) is 66.0 Å². The number of amides is 1. The number of hydrogen-bond acceptors (Lipinski definition) is 4. The van der Waals surface area contributed by atoms with Crippen molar-refractivity contribution in [2.45, 2.75) is 50.2 Å². The molecule has 0 aromatic rings. The number of hydrogen-bond donors (Lipinski definition) is 2. The largest absolute Gasteiger partial charge is 0.381 e. The molecule has 1 saturated carbocycles. The van der Waals surface area contributed by atoms with E-state index in [9.17, 15) is 4.79 Å². The molecule has 1 amide bonds. The van der Waals surface area contributed by atoms with Gasteiger partial charge in [-0.2, -0.15) is 11.8 Å². The van der Waals surface area contributed by atoms with Gasteiger partial charge in [-0.25, -0.2) is 0 Å². The lowest BCUT2D eigenvalue weighted by Crippen LogP contribution is -2.52. The van der Waals surface area contributed by atoms with Gasteiger partial charge in [0.05, 0.1) is 5.41 Å². The summed E-state index contributed by atoms with van der Waals surface area (Å²) in [6.07, 6.45) is 6.31. The van der Waals surface area contributed by atoms with Crippen LogP contribution in [0.2, 0.25) is 0 Å². The highest BCUT2D eigenvalue weighted by Gasteiger charge is 2.42. The molecule has 27 heavy (non-hydrogen) atoms. The maximum Gasteiger partial charge on any atom is 0.230 e. The molecule has 0 atom stereocenters. The number of carbonyl (C=O) groups is 1. The van der Waals surface area contributed by atoms with Gasteiger partial charge in [-0.05, 0) is 31.4 Å². The number of carbonyl (C=O) groups excluding carboxylic acids is 1. The smallest absolute Gasteiger partial charge is 0.230 e. The minimum atomic E-state index is -0.282. The maximum absolute atomic E-state index is 12.7. The Morgan fingerprint density at radius 2 is 1.70 bits per heavy atom. The second-order valence-electron chi connectivity index (χ2n) is 7.69. The Labute approximate surface area is 186 Å². The molecule has 2 rings (SSSR count). The lowest BCUT2D eigenvalue weighted by atomic mass is 9.84. The fraction of sp³-hybridized carbons (Fsp3) is 0.895. The Kier molecular flexibility index (Phi) is 10.8. The molecule has 2 aliphatic rings. The first kappa shape index (κ1) is 24.8. The Balaban J connectivity index is 0.00000364. The second kappa shape index (κ2) is 11.7. The van der Waals surface area contributed by atoms with Crippen molar-refractivity contribution in [2.75, 3.05) is 53.2 Å². The first-order valence-electron chi connectivity index (χ1n) is 9.85. The fourth-order valence-corrected chi connectivity index (χ4v) is 5.37. The van der Waals surface area contributed by atoms with Crippen LogP contribution in [0.3, 0.4) is 0 Å². The van der Waals surface area contributed by atoms with E-state index in [1.807, 2.05) is 25.9 Å². The average molecular weight is 513 g/mol. The predicted molar refractivity (Wildman–Crippen MR) is 125 cm³/mol. The maximum atomic E-state index is 12.7. The van der Waals surface area contributed by atoms with Crippen molar-refractivity contribution in [3.63, 3.8) is 0 Å². The highest BCUT2D eigenvalue weighted by Crippen LogP contribution is 2.39. The zero-order chi connectivity index (χ0) is 19.0. The van der Waals surface area contributed by atoms with Gasteiger partial charge >= 0.3 is 0 Å². The zero-order valence-electron chi connectivity index (χ0n) is 17.3. The van der Waals surface area contributed by atoms with Crippen molar-refractivity contribution in [1.29, 1.82) is 0 Å². The molecule has 1 heterocycles. The molecule has 0 unspecified atom stereocenters. The number of thioether (sulfide) groups is 1. The summed E-state index contributed by atoms with van der Waals surface area (Å²) in [5.74, 6) is 2.14. The highest BCUT2D eigenvalue weighted by atomic mass is 127. The van der Waals surface area contributed by atoms with Crippen LogP contribution in [-0.4, -0.2) is 74.7 Å². The molecule has 0 aromatic carbocycles. The van der Waals surface area contributed by atoms with Crippen molar-refractivity contribution in [3.05, 3.63) is 0 Å². The summed E-state index contributed by atoms with van der Waals surface area (Å²) in [4.78, 5) is 18.8. The predicted octanol–water partition coefficient (Wildman–Crippen LogP) is 2.72. The van der Waals surface area contributed by atoms with Gasteiger partial charge in [0.1, 0.15) is 0 Å². The van der Waals surface area contributed by atoms with Gasteiger partial charge in [-0.3, -0.25) is 9.79 Å². The number of ether oxygens (including phenoxy) is 1. The van der Waals surface area contributed by atoms with E-state index < -0.39 is 0 Å². The van der Waals surface area contributed by atoms with E-state index >= 15 is 0 Å². The van der Waals surface area contributed by atoms with E-state index in [0.29, 0.717) is 6.54 Å². The molecule has 2 fully saturated rings. The highest BCUT2D eigenvalue weighted by molar-refractivity contribution is 14.0. The molecular weight excluding hydrogens is 475 g/mol. The Morgan fingerprint density at radius 1 is 1.11 bits per heavy atom. The lowest BCUT2D eigenvalue weighted by Gasteiger charge is -2.37. The fourth-order valence-electron chi connectivity index (χ4n) is 4.13. The van der Waals surface area contributed by atoms with Gasteiger partial charge < -0.3 is 20.3 Å². The number of halogens is 1. The molecule has 2 N–H and O–H groups in total. The van der Waals surface area contributed by atoms with Gasteiger partial charge in [0.15, 0.2) is 5.96 Å². The minimum Gasteiger partial charge on any atom is -0.381 e. The van der Waals surface area contributed by atoms with Crippen molar-refractivity contribution < 1.29 is 9.53 Å². The number of aliphatic imine (C=N–C) groups is 1. The number of rotatable bonds is 7. The third kappa shape index (κ3) is 6.66. The monoisotopic (exact) mass is 512 g/mol. The third-order valence-corrected chi connectivity index (χ3v) is 7.12. The summed E-state index contributed by atoms with van der Waals surface area (Å²) in [6.45, 7) is 5.41. The Bertz CT molecular complexity index is 485. The van der Waals surface area contributed by atoms with Crippen LogP contribution in [0.5, 0.6) is 0 Å². The summed E-state index contributed by atoms with van der Waals surface area (Å²) in [5, 5.41) is 6.95. The van der Waals surface area contributed by atoms with E-state index in [1.54, 1.807) is 11.9 Å². The average Bonchev–Trinajstić information content (AvgIpc) is 3.12. The molecule has 8 heteroatoms. The summed E-state index contributed by atoms with van der Waals surface area (Å²) < 4.78 is 5.77. The van der Waals surface area contributed by atoms with Gasteiger partial charge in [0.25, 0.3) is 0 Å². The van der Waals surface area contributed by atoms with Gasteiger partial charge in [-0.1, -0.05) is 19.8 Å². The summed E-state index contributed by atoms with van der Waals surface area (Å²) >= 11 is 2.02. The van der Waals surface area contributed by atoms with E-state index in [-0.39, 0.29) is 40.0 Å². The van der Waals surface area contributed by atoms with Crippen LogP contribution in [0.25, 0.3) is 0 Å². The molecule has 158 valence electrons. The molecule has 1 aliphatic carbocycles. The van der Waals surface area contributed by atoms with E-state index in [0.717, 1.165) is 70.0 Å². The minimum absolute atomic E-state index is 0. The SMILES string of the molecule is CCSC1(CNC(=NC)NCC2(C(=O)N(C)C)CCCC2)CCOCC1.I. The normalized spacial score (nSPS) is 21.3.